The molecule has 4 nitrogen and oxygen atoms in total. The number of rotatable bonds is 5. The monoisotopic (exact) mass is 315 g/mol. The molecule has 0 bridgehead atoms. The third-order valence-electron chi connectivity index (χ3n) is 2.88. The van der Waals surface area contributed by atoms with E-state index in [0.29, 0.717) is 11.4 Å². The molecule has 22 heavy (non-hydrogen) atoms. The van der Waals surface area contributed by atoms with Crippen molar-refractivity contribution in [2.75, 3.05) is 4.72 Å². The van der Waals surface area contributed by atoms with Gasteiger partial charge in [-0.25, -0.2) is 8.42 Å². The molecule has 0 aliphatic carbocycles. The Labute approximate surface area is 131 Å². The highest BCUT2D eigenvalue weighted by molar-refractivity contribution is 7.92. The molecule has 0 aliphatic rings. The maximum Gasteiger partial charge on any atom is 0.261 e. The highest BCUT2D eigenvalue weighted by Gasteiger charge is 2.17. The van der Waals surface area contributed by atoms with Gasteiger partial charge in [-0.15, -0.1) is 6.42 Å². The van der Waals surface area contributed by atoms with E-state index in [0.717, 1.165) is 0 Å². The van der Waals surface area contributed by atoms with Crippen molar-refractivity contribution in [2.45, 2.75) is 24.3 Å². The van der Waals surface area contributed by atoms with Crippen molar-refractivity contribution in [3.05, 3.63) is 54.6 Å². The van der Waals surface area contributed by atoms with Crippen molar-refractivity contribution in [3.63, 3.8) is 0 Å². The Kier molecular flexibility index (Phi) is 4.43. The Balaban J connectivity index is 2.18. The Morgan fingerprint density at radius 1 is 1.05 bits per heavy atom. The minimum atomic E-state index is -3.63. The lowest BCUT2D eigenvalue weighted by molar-refractivity contribution is 0.172. The normalized spacial score (nSPS) is 11.5. The Morgan fingerprint density at radius 3 is 2.18 bits per heavy atom. The molecule has 0 atom stereocenters. The van der Waals surface area contributed by atoms with Gasteiger partial charge in [0, 0.05) is 5.69 Å². The molecule has 0 saturated carbocycles. The summed E-state index contributed by atoms with van der Waals surface area (Å²) in [7, 11) is -3.63. The minimum absolute atomic E-state index is 0.155. The van der Waals surface area contributed by atoms with Crippen LogP contribution in [0.4, 0.5) is 5.69 Å². The van der Waals surface area contributed by atoms with Crippen molar-refractivity contribution in [2.24, 2.45) is 0 Å². The molecule has 1 N–H and O–H groups in total. The van der Waals surface area contributed by atoms with Crippen molar-refractivity contribution in [1.82, 2.24) is 0 Å². The van der Waals surface area contributed by atoms with E-state index < -0.39 is 15.6 Å². The van der Waals surface area contributed by atoms with Crippen molar-refractivity contribution in [3.8, 4) is 18.1 Å². The zero-order valence-corrected chi connectivity index (χ0v) is 13.2. The van der Waals surface area contributed by atoms with Crippen LogP contribution in [0, 0.1) is 12.3 Å². The van der Waals surface area contributed by atoms with Crippen LogP contribution in [0.15, 0.2) is 59.5 Å². The maximum absolute atomic E-state index is 12.3. The summed E-state index contributed by atoms with van der Waals surface area (Å²) in [6.07, 6.45) is 5.36. The SMILES string of the molecule is C#CC(C)(C)Oc1ccc(S(=O)(=O)Nc2ccccc2)cc1. The molecular formula is C17H17NO3S. The van der Waals surface area contributed by atoms with Gasteiger partial charge in [0.1, 0.15) is 5.75 Å². The number of terminal acetylenes is 1. The van der Waals surface area contributed by atoms with Gasteiger partial charge in [0.2, 0.25) is 0 Å². The zero-order chi connectivity index (χ0) is 16.2. The van der Waals surface area contributed by atoms with Gasteiger partial charge in [-0.1, -0.05) is 24.1 Å². The fourth-order valence-electron chi connectivity index (χ4n) is 1.73. The van der Waals surface area contributed by atoms with Crippen molar-refractivity contribution in [1.29, 1.82) is 0 Å². The lowest BCUT2D eigenvalue weighted by atomic mass is 10.1. The fraction of sp³-hybridized carbons (Fsp3) is 0.176. The first-order valence-electron chi connectivity index (χ1n) is 6.67. The number of nitrogens with one attached hydrogen (secondary N) is 1. The van der Waals surface area contributed by atoms with Crippen LogP contribution in [-0.4, -0.2) is 14.0 Å². The highest BCUT2D eigenvalue weighted by atomic mass is 32.2. The summed E-state index contributed by atoms with van der Waals surface area (Å²) < 4.78 is 32.6. The quantitative estimate of drug-likeness (QED) is 0.862. The summed E-state index contributed by atoms with van der Waals surface area (Å²) in [5.41, 5.74) is -0.237. The van der Waals surface area contributed by atoms with E-state index >= 15 is 0 Å². The molecule has 0 aliphatic heterocycles. The molecule has 2 aromatic carbocycles. The molecule has 5 heteroatoms. The molecule has 0 aromatic heterocycles. The van der Waals surface area contributed by atoms with Crippen LogP contribution in [0.1, 0.15) is 13.8 Å². The first-order chi connectivity index (χ1) is 10.3. The molecule has 0 fully saturated rings. The number of para-hydroxylation sites is 1. The number of benzene rings is 2. The minimum Gasteiger partial charge on any atom is -0.475 e. The van der Waals surface area contributed by atoms with Gasteiger partial charge in [0.25, 0.3) is 10.0 Å². The Morgan fingerprint density at radius 2 is 1.64 bits per heavy atom. The second-order valence-electron chi connectivity index (χ2n) is 5.20. The number of hydrogen-bond donors (Lipinski definition) is 1. The van der Waals surface area contributed by atoms with E-state index in [1.165, 1.54) is 12.1 Å². The molecule has 2 aromatic rings. The molecule has 0 heterocycles. The van der Waals surface area contributed by atoms with Gasteiger partial charge < -0.3 is 4.74 Å². The summed E-state index contributed by atoms with van der Waals surface area (Å²) in [6, 6.07) is 14.8. The largest absolute Gasteiger partial charge is 0.475 e. The van der Waals surface area contributed by atoms with Crippen LogP contribution >= 0.6 is 0 Å². The van der Waals surface area contributed by atoms with E-state index in [1.54, 1.807) is 50.2 Å². The number of anilines is 1. The summed E-state index contributed by atoms with van der Waals surface area (Å²) in [4.78, 5) is 0.155. The second kappa shape index (κ2) is 6.12. The lowest BCUT2D eigenvalue weighted by Crippen LogP contribution is -2.25. The molecule has 0 unspecified atom stereocenters. The van der Waals surface area contributed by atoms with Crippen LogP contribution in [0.5, 0.6) is 5.75 Å². The van der Waals surface area contributed by atoms with Crippen LogP contribution in [0.25, 0.3) is 0 Å². The first kappa shape index (κ1) is 15.9. The molecule has 2 rings (SSSR count). The van der Waals surface area contributed by atoms with Gasteiger partial charge in [-0.2, -0.15) is 0 Å². The Bertz CT molecular complexity index is 773. The molecule has 0 amide bonds. The van der Waals surface area contributed by atoms with Crippen LogP contribution in [-0.2, 0) is 10.0 Å². The lowest BCUT2D eigenvalue weighted by Gasteiger charge is -2.20. The van der Waals surface area contributed by atoms with E-state index in [4.69, 9.17) is 11.2 Å². The second-order valence-corrected chi connectivity index (χ2v) is 6.88. The number of ether oxygens (including phenoxy) is 1. The highest BCUT2D eigenvalue weighted by Crippen LogP contribution is 2.22. The predicted octanol–water partition coefficient (Wildman–Crippen LogP) is 3.28. The van der Waals surface area contributed by atoms with E-state index in [-0.39, 0.29) is 4.90 Å². The van der Waals surface area contributed by atoms with Gasteiger partial charge in [-0.3, -0.25) is 4.72 Å². The van der Waals surface area contributed by atoms with Crippen molar-refractivity contribution < 1.29 is 13.2 Å². The number of sulfonamides is 1. The number of hydrogen-bond acceptors (Lipinski definition) is 3. The van der Waals surface area contributed by atoms with E-state index in [2.05, 4.69) is 10.6 Å². The molecule has 0 spiro atoms. The fourth-order valence-corrected chi connectivity index (χ4v) is 2.79. The average molecular weight is 315 g/mol. The summed E-state index contributed by atoms with van der Waals surface area (Å²) in [5.74, 6) is 3.03. The third-order valence-corrected chi connectivity index (χ3v) is 4.28. The molecule has 0 radical (unpaired) electrons. The van der Waals surface area contributed by atoms with Crippen molar-refractivity contribution >= 4 is 15.7 Å². The standard InChI is InChI=1S/C17H17NO3S/c1-4-17(2,3)21-15-10-12-16(13-11-15)22(19,20)18-14-8-6-5-7-9-14/h1,5-13,18H,2-3H3. The van der Waals surface area contributed by atoms with Gasteiger partial charge in [0.05, 0.1) is 4.90 Å². The smallest absolute Gasteiger partial charge is 0.261 e. The topological polar surface area (TPSA) is 55.4 Å². The summed E-state index contributed by atoms with van der Waals surface area (Å²) in [5, 5.41) is 0. The van der Waals surface area contributed by atoms with Crippen LogP contribution < -0.4 is 9.46 Å². The van der Waals surface area contributed by atoms with Gasteiger partial charge in [0.15, 0.2) is 5.60 Å². The summed E-state index contributed by atoms with van der Waals surface area (Å²) in [6.45, 7) is 3.52. The summed E-state index contributed by atoms with van der Waals surface area (Å²) >= 11 is 0. The van der Waals surface area contributed by atoms with Crippen LogP contribution in [0.2, 0.25) is 0 Å². The molecular weight excluding hydrogens is 298 g/mol. The average Bonchev–Trinajstić information content (AvgIpc) is 2.48. The van der Waals surface area contributed by atoms with Crippen LogP contribution in [0.3, 0.4) is 0 Å². The third kappa shape index (κ3) is 4.03. The Hall–Kier alpha value is -2.45. The zero-order valence-electron chi connectivity index (χ0n) is 12.4. The first-order valence-corrected chi connectivity index (χ1v) is 8.15. The van der Waals surface area contributed by atoms with E-state index in [1.807, 2.05) is 6.07 Å². The van der Waals surface area contributed by atoms with E-state index in [9.17, 15) is 8.42 Å². The van der Waals surface area contributed by atoms with Gasteiger partial charge >= 0.3 is 0 Å². The molecule has 0 saturated heterocycles. The predicted molar refractivity (Wildman–Crippen MR) is 87.2 cm³/mol. The molecule has 114 valence electrons. The maximum atomic E-state index is 12.3. The van der Waals surface area contributed by atoms with Gasteiger partial charge in [-0.05, 0) is 50.2 Å².